The summed E-state index contributed by atoms with van der Waals surface area (Å²) in [4.78, 5) is 39.9. The molecule has 1 unspecified atom stereocenters. The molecule has 0 bridgehead atoms. The molecule has 1 heterocycles. The summed E-state index contributed by atoms with van der Waals surface area (Å²) in [6.45, 7) is 9.29. The van der Waals surface area contributed by atoms with E-state index in [9.17, 15) is 19.5 Å². The summed E-state index contributed by atoms with van der Waals surface area (Å²) in [6, 6.07) is 0. The zero-order chi connectivity index (χ0) is 18.5. The average molecular weight is 341 g/mol. The number of amides is 3. The lowest BCUT2D eigenvalue weighted by Gasteiger charge is -2.27. The molecule has 3 amide bonds. The number of aliphatic hydroxyl groups is 1. The van der Waals surface area contributed by atoms with E-state index in [1.165, 1.54) is 21.7 Å². The second-order valence-electron chi connectivity index (χ2n) is 6.82. The topological polar surface area (TPSA) is 90.4 Å². The van der Waals surface area contributed by atoms with E-state index in [0.717, 1.165) is 6.08 Å². The van der Waals surface area contributed by atoms with Crippen LogP contribution in [0.5, 0.6) is 0 Å². The van der Waals surface area contributed by atoms with Crippen molar-refractivity contribution in [2.45, 2.75) is 32.5 Å². The fourth-order valence-electron chi connectivity index (χ4n) is 2.25. The fraction of sp³-hybridized carbons (Fsp3) is 0.688. The van der Waals surface area contributed by atoms with Crippen LogP contribution in [0.15, 0.2) is 12.7 Å². The molecule has 0 spiro atoms. The third-order valence-electron chi connectivity index (χ3n) is 3.43. The minimum Gasteiger partial charge on any atom is -0.444 e. The van der Waals surface area contributed by atoms with Crippen molar-refractivity contribution in [3.63, 3.8) is 0 Å². The lowest BCUT2D eigenvalue weighted by Crippen LogP contribution is -2.44. The molecule has 0 aliphatic carbocycles. The molecule has 1 aliphatic heterocycles. The van der Waals surface area contributed by atoms with Crippen molar-refractivity contribution in [2.24, 2.45) is 0 Å². The maximum atomic E-state index is 12.3. The first-order valence-corrected chi connectivity index (χ1v) is 7.84. The molecule has 0 aromatic heterocycles. The van der Waals surface area contributed by atoms with Crippen LogP contribution in [0.4, 0.5) is 4.79 Å². The van der Waals surface area contributed by atoms with Crippen molar-refractivity contribution in [2.75, 3.05) is 39.8 Å². The molecule has 0 aromatic carbocycles. The number of β-amino-alcohol motifs (C(OH)–C–C–N with tert-alkyl or cyclic N) is 1. The van der Waals surface area contributed by atoms with Crippen molar-refractivity contribution in [3.8, 4) is 0 Å². The molecule has 1 aliphatic rings. The molecule has 1 atom stereocenters. The van der Waals surface area contributed by atoms with Gasteiger partial charge in [-0.25, -0.2) is 4.79 Å². The second kappa shape index (κ2) is 8.14. The van der Waals surface area contributed by atoms with E-state index in [1.807, 2.05) is 0 Å². The van der Waals surface area contributed by atoms with E-state index in [2.05, 4.69) is 6.58 Å². The van der Waals surface area contributed by atoms with Crippen molar-refractivity contribution in [1.29, 1.82) is 0 Å². The number of rotatable bonds is 3. The molecule has 0 saturated carbocycles. The van der Waals surface area contributed by atoms with Crippen LogP contribution in [0.25, 0.3) is 0 Å². The van der Waals surface area contributed by atoms with Gasteiger partial charge in [-0.05, 0) is 26.8 Å². The fourth-order valence-corrected chi connectivity index (χ4v) is 2.25. The van der Waals surface area contributed by atoms with Crippen LogP contribution < -0.4 is 0 Å². The third-order valence-corrected chi connectivity index (χ3v) is 3.43. The van der Waals surface area contributed by atoms with E-state index in [-0.39, 0.29) is 44.5 Å². The largest absolute Gasteiger partial charge is 0.444 e. The number of carbonyl (C=O) groups excluding carboxylic acids is 3. The zero-order valence-corrected chi connectivity index (χ0v) is 14.8. The van der Waals surface area contributed by atoms with Crippen LogP contribution in [0, 0.1) is 0 Å². The van der Waals surface area contributed by atoms with E-state index < -0.39 is 17.8 Å². The molecule has 1 saturated heterocycles. The lowest BCUT2D eigenvalue weighted by atomic mass is 10.2. The van der Waals surface area contributed by atoms with Crippen molar-refractivity contribution in [1.82, 2.24) is 14.7 Å². The van der Waals surface area contributed by atoms with Crippen molar-refractivity contribution < 1.29 is 24.2 Å². The van der Waals surface area contributed by atoms with Gasteiger partial charge < -0.3 is 24.5 Å². The predicted molar refractivity (Wildman–Crippen MR) is 88.2 cm³/mol. The van der Waals surface area contributed by atoms with Crippen LogP contribution in [0.1, 0.15) is 20.8 Å². The summed E-state index contributed by atoms with van der Waals surface area (Å²) >= 11 is 0. The van der Waals surface area contributed by atoms with Gasteiger partial charge >= 0.3 is 6.09 Å². The summed E-state index contributed by atoms with van der Waals surface area (Å²) < 4.78 is 5.30. The quantitative estimate of drug-likeness (QED) is 0.734. The first kappa shape index (κ1) is 20.0. The summed E-state index contributed by atoms with van der Waals surface area (Å²) in [5, 5.41) is 10.1. The Kier molecular flexibility index (Phi) is 6.77. The maximum absolute atomic E-state index is 12.3. The molecule has 0 aromatic rings. The standard InChI is InChI=1S/C16H27N3O5/c1-6-13(21)17(5)11-14(22)18-7-8-19(10-12(20)9-18)15(23)24-16(2,3)4/h6,12,20H,1,7-11H2,2-5H3. The normalized spacial score (nSPS) is 18.6. The SMILES string of the molecule is C=CC(=O)N(C)CC(=O)N1CCN(C(=O)OC(C)(C)C)CC(O)C1. The van der Waals surface area contributed by atoms with Crippen molar-refractivity contribution >= 4 is 17.9 Å². The Hall–Kier alpha value is -2.09. The number of ether oxygens (including phenoxy) is 1. The summed E-state index contributed by atoms with van der Waals surface area (Å²) in [5.74, 6) is -0.646. The van der Waals surface area contributed by atoms with Crippen molar-refractivity contribution in [3.05, 3.63) is 12.7 Å². The van der Waals surface area contributed by atoms with E-state index in [0.29, 0.717) is 0 Å². The molecular formula is C16H27N3O5. The number of carbonyl (C=O) groups is 3. The Morgan fingerprint density at radius 2 is 1.79 bits per heavy atom. The van der Waals surface area contributed by atoms with Gasteiger partial charge in [-0.2, -0.15) is 0 Å². The van der Waals surface area contributed by atoms with Gasteiger partial charge in [0, 0.05) is 26.7 Å². The van der Waals surface area contributed by atoms with Gasteiger partial charge in [0.15, 0.2) is 0 Å². The second-order valence-corrected chi connectivity index (χ2v) is 6.82. The van der Waals surface area contributed by atoms with Crippen LogP contribution in [0.3, 0.4) is 0 Å². The Balaban J connectivity index is 2.66. The molecule has 8 nitrogen and oxygen atoms in total. The zero-order valence-electron chi connectivity index (χ0n) is 14.8. The highest BCUT2D eigenvalue weighted by Crippen LogP contribution is 2.12. The summed E-state index contributed by atoms with van der Waals surface area (Å²) in [5.41, 5.74) is -0.627. The predicted octanol–water partition coefficient (Wildman–Crippen LogP) is 0.0710. The Morgan fingerprint density at radius 3 is 2.33 bits per heavy atom. The Labute approximate surface area is 142 Å². The maximum Gasteiger partial charge on any atom is 0.410 e. The van der Waals surface area contributed by atoms with Gasteiger partial charge in [0.2, 0.25) is 11.8 Å². The minimum absolute atomic E-state index is 0.0973. The van der Waals surface area contributed by atoms with E-state index in [1.54, 1.807) is 20.8 Å². The molecule has 0 radical (unpaired) electrons. The first-order chi connectivity index (χ1) is 11.0. The summed E-state index contributed by atoms with van der Waals surface area (Å²) in [7, 11) is 1.50. The first-order valence-electron chi connectivity index (χ1n) is 7.84. The summed E-state index contributed by atoms with van der Waals surface area (Å²) in [6.07, 6.45) is -0.256. The number of aliphatic hydroxyl groups excluding tert-OH is 1. The number of nitrogens with zero attached hydrogens (tertiary/aromatic N) is 3. The van der Waals surface area contributed by atoms with Gasteiger partial charge in [-0.1, -0.05) is 6.58 Å². The highest BCUT2D eigenvalue weighted by atomic mass is 16.6. The number of hydrogen-bond donors (Lipinski definition) is 1. The minimum atomic E-state index is -0.871. The van der Waals surface area contributed by atoms with Crippen LogP contribution in [-0.2, 0) is 14.3 Å². The molecular weight excluding hydrogens is 314 g/mol. The number of hydrogen-bond acceptors (Lipinski definition) is 5. The smallest absolute Gasteiger partial charge is 0.410 e. The lowest BCUT2D eigenvalue weighted by molar-refractivity contribution is -0.137. The van der Waals surface area contributed by atoms with E-state index >= 15 is 0 Å². The third kappa shape index (κ3) is 6.19. The highest BCUT2D eigenvalue weighted by molar-refractivity contribution is 5.90. The molecule has 136 valence electrons. The Morgan fingerprint density at radius 1 is 1.25 bits per heavy atom. The molecule has 24 heavy (non-hydrogen) atoms. The molecule has 1 rings (SSSR count). The van der Waals surface area contributed by atoms with Crippen LogP contribution in [0.2, 0.25) is 0 Å². The molecule has 1 N–H and O–H groups in total. The van der Waals surface area contributed by atoms with Crippen LogP contribution >= 0.6 is 0 Å². The Bertz CT molecular complexity index is 500. The monoisotopic (exact) mass is 341 g/mol. The van der Waals surface area contributed by atoms with Gasteiger partial charge in [0.1, 0.15) is 5.60 Å². The average Bonchev–Trinajstić information content (AvgIpc) is 2.66. The van der Waals surface area contributed by atoms with Gasteiger partial charge in [-0.15, -0.1) is 0 Å². The van der Waals surface area contributed by atoms with Crippen LogP contribution in [-0.4, -0.2) is 89.2 Å². The van der Waals surface area contributed by atoms with Gasteiger partial charge in [0.05, 0.1) is 19.2 Å². The highest BCUT2D eigenvalue weighted by Gasteiger charge is 2.30. The molecule has 1 fully saturated rings. The van der Waals surface area contributed by atoms with Gasteiger partial charge in [-0.3, -0.25) is 9.59 Å². The number of likely N-dealkylation sites (N-methyl/N-ethyl adjacent to an activating group) is 1. The van der Waals surface area contributed by atoms with E-state index in [4.69, 9.17) is 4.74 Å². The van der Waals surface area contributed by atoms with Gasteiger partial charge in [0.25, 0.3) is 0 Å². The molecule has 8 heteroatoms.